The lowest BCUT2D eigenvalue weighted by molar-refractivity contribution is 0.0943. The molecular weight excluding hydrogens is 462 g/mol. The van der Waals surface area contributed by atoms with E-state index >= 15 is 0 Å². The Morgan fingerprint density at radius 3 is 2.34 bits per heavy atom. The fourth-order valence-electron chi connectivity index (χ4n) is 3.40. The molecule has 1 N–H and O–H groups in total. The van der Waals surface area contributed by atoms with Crippen LogP contribution in [0.4, 0.5) is 0 Å². The van der Waals surface area contributed by atoms with Crippen molar-refractivity contribution in [3.63, 3.8) is 0 Å². The molecule has 0 aliphatic carbocycles. The van der Waals surface area contributed by atoms with Crippen molar-refractivity contribution in [1.29, 1.82) is 0 Å². The van der Waals surface area contributed by atoms with E-state index < -0.39 is 9.84 Å². The highest BCUT2D eigenvalue weighted by atomic mass is 35.5. The molecule has 0 fully saturated rings. The van der Waals surface area contributed by atoms with Crippen LogP contribution in [-0.2, 0) is 15.6 Å². The second kappa shape index (κ2) is 9.69. The number of carbonyl (C=O) groups excluding carboxylic acids is 1. The molecule has 0 spiro atoms. The lowest BCUT2D eigenvalue weighted by Gasteiger charge is -2.19. The Morgan fingerprint density at radius 2 is 1.66 bits per heavy atom. The van der Waals surface area contributed by atoms with Gasteiger partial charge in [-0.2, -0.15) is 11.3 Å². The van der Waals surface area contributed by atoms with Crippen molar-refractivity contribution < 1.29 is 13.2 Å². The third-order valence-corrected chi connectivity index (χ3v) is 7.66. The second-order valence-corrected chi connectivity index (χ2v) is 10.5. The van der Waals surface area contributed by atoms with Crippen molar-refractivity contribution in [3.05, 3.63) is 123 Å². The van der Waals surface area contributed by atoms with Crippen LogP contribution in [-0.4, -0.2) is 14.3 Å². The number of benzene rings is 3. The quantitative estimate of drug-likeness (QED) is 0.357. The largest absolute Gasteiger partial charge is 0.341 e. The summed E-state index contributed by atoms with van der Waals surface area (Å²) in [6.45, 7) is 0. The predicted molar refractivity (Wildman–Crippen MR) is 129 cm³/mol. The molecule has 0 aliphatic heterocycles. The number of nitrogens with one attached hydrogen (secondary N) is 1. The first-order chi connectivity index (χ1) is 15.4. The lowest BCUT2D eigenvalue weighted by Crippen LogP contribution is -2.29. The van der Waals surface area contributed by atoms with Crippen LogP contribution in [0, 0.1) is 0 Å². The minimum absolute atomic E-state index is 0.177. The fourth-order valence-corrected chi connectivity index (χ4v) is 5.57. The topological polar surface area (TPSA) is 63.2 Å². The van der Waals surface area contributed by atoms with Crippen LogP contribution in [0.3, 0.4) is 0 Å². The van der Waals surface area contributed by atoms with Crippen LogP contribution in [0.2, 0.25) is 5.02 Å². The molecule has 1 amide bonds. The number of sulfone groups is 1. The number of thiophene rings is 1. The molecule has 4 aromatic rings. The van der Waals surface area contributed by atoms with E-state index in [2.05, 4.69) is 5.32 Å². The van der Waals surface area contributed by atoms with Gasteiger partial charge in [0.1, 0.15) is 0 Å². The van der Waals surface area contributed by atoms with Gasteiger partial charge in [0.05, 0.1) is 16.7 Å². The molecule has 32 heavy (non-hydrogen) atoms. The fraction of sp³-hybridized carbons (Fsp3) is 0.0800. The molecule has 0 bridgehead atoms. The van der Waals surface area contributed by atoms with Gasteiger partial charge in [0.15, 0.2) is 9.84 Å². The van der Waals surface area contributed by atoms with Crippen LogP contribution in [0.1, 0.15) is 33.1 Å². The van der Waals surface area contributed by atoms with Crippen LogP contribution in [0.5, 0.6) is 0 Å². The first-order valence-corrected chi connectivity index (χ1v) is 12.8. The van der Waals surface area contributed by atoms with E-state index in [4.69, 9.17) is 11.6 Å². The zero-order valence-corrected chi connectivity index (χ0v) is 19.3. The van der Waals surface area contributed by atoms with Crippen molar-refractivity contribution in [3.8, 4) is 0 Å². The van der Waals surface area contributed by atoms with Crippen molar-refractivity contribution in [2.45, 2.75) is 16.7 Å². The van der Waals surface area contributed by atoms with Crippen LogP contribution in [0.15, 0.2) is 101 Å². The minimum Gasteiger partial charge on any atom is -0.341 e. The third-order valence-electron chi connectivity index (χ3n) is 5.00. The summed E-state index contributed by atoms with van der Waals surface area (Å²) in [4.78, 5) is 13.4. The van der Waals surface area contributed by atoms with Gasteiger partial charge in [-0.25, -0.2) is 8.42 Å². The number of rotatable bonds is 7. The average molecular weight is 482 g/mol. The molecule has 0 radical (unpaired) electrons. The van der Waals surface area contributed by atoms with Gasteiger partial charge in [0.25, 0.3) is 5.91 Å². The van der Waals surface area contributed by atoms with Gasteiger partial charge in [-0.05, 0) is 69.9 Å². The van der Waals surface area contributed by atoms with Gasteiger partial charge < -0.3 is 5.32 Å². The predicted octanol–water partition coefficient (Wildman–Crippen LogP) is 5.89. The molecule has 0 aliphatic rings. The van der Waals surface area contributed by atoms with E-state index in [0.717, 1.165) is 11.1 Å². The highest BCUT2D eigenvalue weighted by Gasteiger charge is 2.20. The molecule has 162 valence electrons. The van der Waals surface area contributed by atoms with Crippen molar-refractivity contribution >= 4 is 38.7 Å². The molecule has 4 nitrogen and oxygen atoms in total. The maximum Gasteiger partial charge on any atom is 0.252 e. The lowest BCUT2D eigenvalue weighted by atomic mass is 10.0. The summed E-state index contributed by atoms with van der Waals surface area (Å²) < 4.78 is 25.4. The minimum atomic E-state index is -3.50. The smallest absolute Gasteiger partial charge is 0.252 e. The zero-order chi connectivity index (χ0) is 22.6. The first kappa shape index (κ1) is 22.3. The molecule has 1 atom stereocenters. The molecule has 7 heteroatoms. The summed E-state index contributed by atoms with van der Waals surface area (Å²) in [6.07, 6.45) is 0. The maximum atomic E-state index is 13.1. The monoisotopic (exact) mass is 481 g/mol. The number of carbonyl (C=O) groups is 1. The molecule has 3 aromatic carbocycles. The summed E-state index contributed by atoms with van der Waals surface area (Å²) in [5.41, 5.74) is 2.83. The van der Waals surface area contributed by atoms with Gasteiger partial charge in [0.2, 0.25) is 0 Å². The Kier molecular flexibility index (Phi) is 6.74. The molecule has 1 unspecified atom stereocenters. The van der Waals surface area contributed by atoms with E-state index in [1.54, 1.807) is 78.1 Å². The summed E-state index contributed by atoms with van der Waals surface area (Å²) in [5, 5.41) is 7.64. The third kappa shape index (κ3) is 5.27. The normalized spacial score (nSPS) is 12.3. The molecule has 1 aromatic heterocycles. The van der Waals surface area contributed by atoms with E-state index in [9.17, 15) is 13.2 Å². The van der Waals surface area contributed by atoms with Gasteiger partial charge >= 0.3 is 0 Å². The SMILES string of the molecule is O=C(NC(c1ccc(Cl)cc1)c1ccsc1)c1cccc(CS(=O)(=O)c2ccccc2)c1. The van der Waals surface area contributed by atoms with E-state index in [0.29, 0.717) is 16.1 Å². The van der Waals surface area contributed by atoms with Gasteiger partial charge in [-0.3, -0.25) is 4.79 Å². The first-order valence-electron chi connectivity index (χ1n) is 9.87. The molecule has 0 saturated heterocycles. The van der Waals surface area contributed by atoms with E-state index in [-0.39, 0.29) is 22.6 Å². The average Bonchev–Trinajstić information content (AvgIpc) is 3.33. The van der Waals surface area contributed by atoms with Crippen LogP contribution in [0.25, 0.3) is 0 Å². The molecule has 0 saturated carbocycles. The zero-order valence-electron chi connectivity index (χ0n) is 16.9. The molecular formula is C25H20ClNO3S2. The summed E-state index contributed by atoms with van der Waals surface area (Å²) in [5.74, 6) is -0.460. The van der Waals surface area contributed by atoms with Gasteiger partial charge in [-0.15, -0.1) is 0 Å². The van der Waals surface area contributed by atoms with Crippen LogP contribution < -0.4 is 5.32 Å². The summed E-state index contributed by atoms with van der Waals surface area (Å²) in [7, 11) is -3.50. The molecule has 4 rings (SSSR count). The maximum absolute atomic E-state index is 13.1. The van der Waals surface area contributed by atoms with Crippen molar-refractivity contribution in [1.82, 2.24) is 5.32 Å². The Balaban J connectivity index is 1.57. The van der Waals surface area contributed by atoms with Crippen LogP contribution >= 0.6 is 22.9 Å². The Bertz CT molecular complexity index is 1300. The summed E-state index contributed by atoms with van der Waals surface area (Å²) in [6, 6.07) is 24.0. The highest BCUT2D eigenvalue weighted by molar-refractivity contribution is 7.90. The molecule has 1 heterocycles. The Hall–Kier alpha value is -2.93. The van der Waals surface area contributed by atoms with Gasteiger partial charge in [-0.1, -0.05) is 54.1 Å². The number of amides is 1. The van der Waals surface area contributed by atoms with E-state index in [1.165, 1.54) is 0 Å². The van der Waals surface area contributed by atoms with Crippen molar-refractivity contribution in [2.24, 2.45) is 0 Å². The Morgan fingerprint density at radius 1 is 0.906 bits per heavy atom. The summed E-state index contributed by atoms with van der Waals surface area (Å²) >= 11 is 7.57. The highest BCUT2D eigenvalue weighted by Crippen LogP contribution is 2.26. The number of hydrogen-bond acceptors (Lipinski definition) is 4. The van der Waals surface area contributed by atoms with Gasteiger partial charge in [0, 0.05) is 10.6 Å². The number of halogens is 1. The second-order valence-electron chi connectivity index (χ2n) is 7.29. The number of hydrogen-bond donors (Lipinski definition) is 1. The standard InChI is InChI=1S/C25H20ClNO3S2/c26-22-11-9-19(10-12-22)24(21-13-14-31-16-21)27-25(28)20-6-4-5-18(15-20)17-32(29,30)23-7-2-1-3-8-23/h1-16,24H,17H2,(H,27,28). The Labute approximate surface area is 196 Å². The van der Waals surface area contributed by atoms with E-state index in [1.807, 2.05) is 29.0 Å². The van der Waals surface area contributed by atoms with Crippen molar-refractivity contribution in [2.75, 3.05) is 0 Å².